The second-order valence-electron chi connectivity index (χ2n) is 5.03. The summed E-state index contributed by atoms with van der Waals surface area (Å²) in [5, 5.41) is 0. The van der Waals surface area contributed by atoms with Gasteiger partial charge in [0.25, 0.3) is 15.9 Å². The van der Waals surface area contributed by atoms with Crippen molar-refractivity contribution in [2.45, 2.75) is 11.4 Å². The number of halogens is 1. The van der Waals surface area contributed by atoms with Crippen LogP contribution in [0.5, 0.6) is 0 Å². The summed E-state index contributed by atoms with van der Waals surface area (Å²) in [6.45, 7) is -0.341. The van der Waals surface area contributed by atoms with Crippen molar-refractivity contribution in [1.82, 2.24) is 9.29 Å². The van der Waals surface area contributed by atoms with Crippen LogP contribution in [-0.4, -0.2) is 23.6 Å². The number of aromatic nitrogens is 1. The van der Waals surface area contributed by atoms with Crippen molar-refractivity contribution in [3.8, 4) is 0 Å². The van der Waals surface area contributed by atoms with Crippen LogP contribution < -0.4 is 0 Å². The molecule has 0 fully saturated rings. The second-order valence-corrected chi connectivity index (χ2v) is 6.86. The molecule has 1 aromatic heterocycles. The Labute approximate surface area is 130 Å². The quantitative estimate of drug-likeness (QED) is 0.719. The number of fused-ring (bicyclic) bond motifs is 2. The van der Waals surface area contributed by atoms with Gasteiger partial charge in [0, 0.05) is 6.07 Å². The van der Waals surface area contributed by atoms with Gasteiger partial charge in [0.1, 0.15) is 22.8 Å². The molecule has 0 saturated heterocycles. The molecule has 2 aromatic carbocycles. The molecule has 23 heavy (non-hydrogen) atoms. The van der Waals surface area contributed by atoms with E-state index in [1.165, 1.54) is 24.3 Å². The average Bonchev–Trinajstić information content (AvgIpc) is 3.00. The molecular formula is C15H9FN2O4S. The van der Waals surface area contributed by atoms with Gasteiger partial charge >= 0.3 is 0 Å². The van der Waals surface area contributed by atoms with E-state index in [2.05, 4.69) is 4.98 Å². The summed E-state index contributed by atoms with van der Waals surface area (Å²) < 4.78 is 44.1. The monoisotopic (exact) mass is 332 g/mol. The number of rotatable bonds is 2. The SMILES string of the molecule is O=C1c2ccccc2S(=O)(=O)N1Cc1nc2ccc(F)cc2o1. The Hall–Kier alpha value is -2.74. The molecule has 0 radical (unpaired) electrons. The molecule has 0 N–H and O–H groups in total. The van der Waals surface area contributed by atoms with Crippen molar-refractivity contribution in [3.05, 3.63) is 59.7 Å². The average molecular weight is 332 g/mol. The molecule has 116 valence electrons. The van der Waals surface area contributed by atoms with E-state index < -0.39 is 21.7 Å². The Morgan fingerprint density at radius 2 is 1.96 bits per heavy atom. The van der Waals surface area contributed by atoms with Crippen LogP contribution in [0.3, 0.4) is 0 Å². The van der Waals surface area contributed by atoms with Gasteiger partial charge in [-0.25, -0.2) is 22.1 Å². The molecule has 6 nitrogen and oxygen atoms in total. The number of oxazole rings is 1. The van der Waals surface area contributed by atoms with E-state index in [9.17, 15) is 17.6 Å². The van der Waals surface area contributed by atoms with Crippen molar-refractivity contribution >= 4 is 27.0 Å². The van der Waals surface area contributed by atoms with Crippen molar-refractivity contribution in [1.29, 1.82) is 0 Å². The highest BCUT2D eigenvalue weighted by molar-refractivity contribution is 7.90. The molecule has 1 amide bonds. The number of carbonyl (C=O) groups excluding carboxylic acids is 1. The van der Waals surface area contributed by atoms with Crippen molar-refractivity contribution < 1.29 is 22.0 Å². The predicted molar refractivity (Wildman–Crippen MR) is 77.5 cm³/mol. The van der Waals surface area contributed by atoms with E-state index in [1.807, 2.05) is 0 Å². The molecule has 0 bridgehead atoms. The van der Waals surface area contributed by atoms with Crippen LogP contribution in [0.1, 0.15) is 16.2 Å². The molecule has 0 saturated carbocycles. The Morgan fingerprint density at radius 1 is 1.17 bits per heavy atom. The lowest BCUT2D eigenvalue weighted by Crippen LogP contribution is -2.29. The number of benzene rings is 2. The van der Waals surface area contributed by atoms with E-state index in [0.717, 1.165) is 6.07 Å². The number of carbonyl (C=O) groups is 1. The van der Waals surface area contributed by atoms with E-state index in [4.69, 9.17) is 4.42 Å². The molecule has 0 unspecified atom stereocenters. The van der Waals surface area contributed by atoms with Crippen LogP contribution in [0.15, 0.2) is 51.8 Å². The van der Waals surface area contributed by atoms with Gasteiger partial charge in [0.2, 0.25) is 5.89 Å². The third-order valence-electron chi connectivity index (χ3n) is 3.59. The standard InChI is InChI=1S/C15H9FN2O4S/c16-9-5-6-11-12(7-9)22-14(17-11)8-18-15(19)10-3-1-2-4-13(10)23(18,20)21/h1-7H,8H2. The number of hydrogen-bond acceptors (Lipinski definition) is 5. The maximum absolute atomic E-state index is 13.2. The van der Waals surface area contributed by atoms with Crippen LogP contribution in [0.2, 0.25) is 0 Å². The summed E-state index contributed by atoms with van der Waals surface area (Å²) in [6, 6.07) is 9.78. The number of nitrogens with zero attached hydrogens (tertiary/aromatic N) is 2. The largest absolute Gasteiger partial charge is 0.439 e. The Balaban J connectivity index is 1.75. The van der Waals surface area contributed by atoms with Gasteiger partial charge in [-0.3, -0.25) is 4.79 Å². The van der Waals surface area contributed by atoms with Gasteiger partial charge in [-0.05, 0) is 24.3 Å². The zero-order chi connectivity index (χ0) is 16.2. The van der Waals surface area contributed by atoms with Crippen LogP contribution in [-0.2, 0) is 16.6 Å². The molecule has 0 atom stereocenters. The first kappa shape index (κ1) is 13.9. The van der Waals surface area contributed by atoms with Crippen LogP contribution >= 0.6 is 0 Å². The minimum absolute atomic E-state index is 0.0235. The summed E-state index contributed by atoms with van der Waals surface area (Å²) in [5.74, 6) is -1.10. The lowest BCUT2D eigenvalue weighted by molar-refractivity contribution is 0.0857. The Kier molecular flexibility index (Phi) is 2.79. The molecule has 3 aromatic rings. The van der Waals surface area contributed by atoms with E-state index >= 15 is 0 Å². The highest BCUT2D eigenvalue weighted by atomic mass is 32.2. The van der Waals surface area contributed by atoms with Gasteiger partial charge in [0.05, 0.1) is 5.56 Å². The lowest BCUT2D eigenvalue weighted by atomic mass is 10.2. The highest BCUT2D eigenvalue weighted by Gasteiger charge is 2.41. The summed E-state index contributed by atoms with van der Waals surface area (Å²) in [4.78, 5) is 16.4. The summed E-state index contributed by atoms with van der Waals surface area (Å²) in [7, 11) is -3.93. The zero-order valence-electron chi connectivity index (χ0n) is 11.6. The van der Waals surface area contributed by atoms with Crippen molar-refractivity contribution in [3.63, 3.8) is 0 Å². The lowest BCUT2D eigenvalue weighted by Gasteiger charge is -2.12. The first-order chi connectivity index (χ1) is 11.0. The fourth-order valence-corrected chi connectivity index (χ4v) is 4.04. The molecule has 1 aliphatic heterocycles. The fourth-order valence-electron chi connectivity index (χ4n) is 2.52. The van der Waals surface area contributed by atoms with Gasteiger partial charge in [-0.15, -0.1) is 0 Å². The first-order valence-corrected chi connectivity index (χ1v) is 8.12. The molecular weight excluding hydrogens is 323 g/mol. The van der Waals surface area contributed by atoms with Crippen molar-refractivity contribution in [2.75, 3.05) is 0 Å². The van der Waals surface area contributed by atoms with Crippen LogP contribution in [0, 0.1) is 5.82 Å². The maximum Gasteiger partial charge on any atom is 0.269 e. The number of amides is 1. The highest BCUT2D eigenvalue weighted by Crippen LogP contribution is 2.31. The summed E-state index contributed by atoms with van der Waals surface area (Å²) in [5.41, 5.74) is 0.708. The third kappa shape index (κ3) is 2.02. The maximum atomic E-state index is 13.2. The van der Waals surface area contributed by atoms with Crippen molar-refractivity contribution in [2.24, 2.45) is 0 Å². The minimum Gasteiger partial charge on any atom is -0.439 e. The molecule has 1 aliphatic rings. The fraction of sp³-hybridized carbons (Fsp3) is 0.0667. The molecule has 8 heteroatoms. The second kappa shape index (κ2) is 4.63. The van der Waals surface area contributed by atoms with Gasteiger partial charge < -0.3 is 4.42 Å². The zero-order valence-corrected chi connectivity index (χ0v) is 12.4. The van der Waals surface area contributed by atoms with Gasteiger partial charge in [0.15, 0.2) is 5.58 Å². The van der Waals surface area contributed by atoms with E-state index in [1.54, 1.807) is 12.1 Å². The summed E-state index contributed by atoms with van der Waals surface area (Å²) in [6.07, 6.45) is 0. The third-order valence-corrected chi connectivity index (χ3v) is 5.37. The minimum atomic E-state index is -3.93. The van der Waals surface area contributed by atoms with Crippen LogP contribution in [0.25, 0.3) is 11.1 Å². The summed E-state index contributed by atoms with van der Waals surface area (Å²) >= 11 is 0. The molecule has 0 aliphatic carbocycles. The topological polar surface area (TPSA) is 80.5 Å². The van der Waals surface area contributed by atoms with E-state index in [0.29, 0.717) is 9.82 Å². The smallest absolute Gasteiger partial charge is 0.269 e. The predicted octanol–water partition coefficient (Wildman–Crippen LogP) is 2.31. The Morgan fingerprint density at radius 3 is 2.74 bits per heavy atom. The number of sulfonamides is 1. The number of hydrogen-bond donors (Lipinski definition) is 0. The van der Waals surface area contributed by atoms with Gasteiger partial charge in [-0.2, -0.15) is 0 Å². The first-order valence-electron chi connectivity index (χ1n) is 6.68. The van der Waals surface area contributed by atoms with E-state index in [-0.39, 0.29) is 28.5 Å². The molecule has 2 heterocycles. The Bertz CT molecular complexity index is 1060. The normalized spacial score (nSPS) is 16.0. The van der Waals surface area contributed by atoms with Crippen LogP contribution in [0.4, 0.5) is 4.39 Å². The molecule has 0 spiro atoms. The molecule has 4 rings (SSSR count). The van der Waals surface area contributed by atoms with Gasteiger partial charge in [-0.1, -0.05) is 12.1 Å².